The van der Waals surface area contributed by atoms with Crippen molar-refractivity contribution in [2.24, 2.45) is 0 Å². The second-order valence-electron chi connectivity index (χ2n) is 9.75. The van der Waals surface area contributed by atoms with Crippen LogP contribution in [0.3, 0.4) is 0 Å². The Balaban J connectivity index is 1.45. The van der Waals surface area contributed by atoms with Gasteiger partial charge in [0.25, 0.3) is 0 Å². The first-order valence-electron chi connectivity index (χ1n) is 13.0. The van der Waals surface area contributed by atoms with Crippen molar-refractivity contribution in [1.29, 1.82) is 0 Å². The molecular formula is C36H23NO. The predicted octanol–water partition coefficient (Wildman–Crippen LogP) is 10.5. The Labute approximate surface area is 220 Å². The molecule has 2 heteroatoms. The number of furan rings is 1. The Bertz CT molecular complexity index is 2090. The summed E-state index contributed by atoms with van der Waals surface area (Å²) in [6.45, 7) is 0. The summed E-state index contributed by atoms with van der Waals surface area (Å²) < 4.78 is 6.43. The first-order valence-corrected chi connectivity index (χ1v) is 13.0. The van der Waals surface area contributed by atoms with E-state index in [0.717, 1.165) is 39.0 Å². The minimum atomic E-state index is 0.928. The zero-order valence-corrected chi connectivity index (χ0v) is 20.6. The molecule has 7 aromatic carbocycles. The zero-order valence-electron chi connectivity index (χ0n) is 20.6. The second kappa shape index (κ2) is 8.22. The third kappa shape index (κ3) is 3.07. The van der Waals surface area contributed by atoms with Crippen molar-refractivity contribution >= 4 is 71.3 Å². The molecule has 0 radical (unpaired) electrons. The Kier molecular flexibility index (Phi) is 4.55. The van der Waals surface area contributed by atoms with Crippen molar-refractivity contribution in [3.63, 3.8) is 0 Å². The predicted molar refractivity (Wildman–Crippen MR) is 161 cm³/mol. The average molecular weight is 486 g/mol. The van der Waals surface area contributed by atoms with Crippen LogP contribution in [0.25, 0.3) is 54.3 Å². The standard InChI is InChI=1S/C36H23NO/c1-3-11-25(12-4-1)37(26-13-5-2-6-14-26)27-20-22-28-24(23-27)19-21-32-34(28)29-15-7-8-16-30(29)36-35(32)31-17-9-10-18-33(31)38-36/h1-23H. The molecule has 1 aromatic heterocycles. The lowest BCUT2D eigenvalue weighted by Gasteiger charge is -2.26. The maximum Gasteiger partial charge on any atom is 0.143 e. The van der Waals surface area contributed by atoms with Crippen LogP contribution in [0.1, 0.15) is 0 Å². The highest BCUT2D eigenvalue weighted by atomic mass is 16.3. The van der Waals surface area contributed by atoms with Gasteiger partial charge in [0.2, 0.25) is 0 Å². The summed E-state index contributed by atoms with van der Waals surface area (Å²) in [5.74, 6) is 0. The molecule has 0 unspecified atom stereocenters. The van der Waals surface area contributed by atoms with Gasteiger partial charge in [0.05, 0.1) is 0 Å². The summed E-state index contributed by atoms with van der Waals surface area (Å²) in [5.41, 5.74) is 5.29. The van der Waals surface area contributed by atoms with Crippen molar-refractivity contribution in [3.05, 3.63) is 140 Å². The molecule has 0 saturated heterocycles. The minimum Gasteiger partial charge on any atom is -0.455 e. The first-order chi connectivity index (χ1) is 18.9. The maximum atomic E-state index is 6.43. The Morgan fingerprint density at radius 1 is 0.395 bits per heavy atom. The van der Waals surface area contributed by atoms with Crippen LogP contribution >= 0.6 is 0 Å². The summed E-state index contributed by atoms with van der Waals surface area (Å²) in [7, 11) is 0. The second-order valence-corrected chi connectivity index (χ2v) is 9.75. The molecule has 0 saturated carbocycles. The van der Waals surface area contributed by atoms with Gasteiger partial charge in [-0.2, -0.15) is 0 Å². The lowest BCUT2D eigenvalue weighted by molar-refractivity contribution is 0.673. The van der Waals surface area contributed by atoms with Gasteiger partial charge >= 0.3 is 0 Å². The van der Waals surface area contributed by atoms with E-state index in [-0.39, 0.29) is 0 Å². The molecule has 0 bridgehead atoms. The largest absolute Gasteiger partial charge is 0.455 e. The third-order valence-corrected chi connectivity index (χ3v) is 7.60. The Hall–Kier alpha value is -5.08. The molecule has 0 aliphatic rings. The van der Waals surface area contributed by atoms with Gasteiger partial charge in [-0.05, 0) is 69.4 Å². The van der Waals surface area contributed by atoms with E-state index in [2.05, 4.69) is 138 Å². The summed E-state index contributed by atoms with van der Waals surface area (Å²) in [6, 6.07) is 49.5. The molecule has 178 valence electrons. The molecule has 1 heterocycles. The van der Waals surface area contributed by atoms with Gasteiger partial charge in [0, 0.05) is 33.2 Å². The number of nitrogens with zero attached hydrogens (tertiary/aromatic N) is 1. The SMILES string of the molecule is c1ccc(N(c2ccccc2)c2ccc3c(ccc4c3c3ccccc3c3oc5ccccc5c43)c2)cc1. The van der Waals surface area contributed by atoms with Gasteiger partial charge in [-0.15, -0.1) is 0 Å². The van der Waals surface area contributed by atoms with E-state index in [0.29, 0.717) is 0 Å². The minimum absolute atomic E-state index is 0.928. The van der Waals surface area contributed by atoms with Gasteiger partial charge < -0.3 is 9.32 Å². The molecule has 0 atom stereocenters. The van der Waals surface area contributed by atoms with Crippen molar-refractivity contribution in [2.75, 3.05) is 4.90 Å². The van der Waals surface area contributed by atoms with E-state index in [1.807, 2.05) is 6.07 Å². The monoisotopic (exact) mass is 485 g/mol. The third-order valence-electron chi connectivity index (χ3n) is 7.60. The van der Waals surface area contributed by atoms with Gasteiger partial charge in [-0.1, -0.05) is 97.1 Å². The summed E-state index contributed by atoms with van der Waals surface area (Å²) in [6.07, 6.45) is 0. The molecule has 0 amide bonds. The number of anilines is 3. The van der Waals surface area contributed by atoms with Crippen molar-refractivity contribution in [1.82, 2.24) is 0 Å². The Morgan fingerprint density at radius 3 is 1.74 bits per heavy atom. The summed E-state index contributed by atoms with van der Waals surface area (Å²) >= 11 is 0. The molecular weight excluding hydrogens is 462 g/mol. The zero-order chi connectivity index (χ0) is 25.1. The van der Waals surface area contributed by atoms with Gasteiger partial charge in [-0.3, -0.25) is 0 Å². The van der Waals surface area contributed by atoms with Gasteiger partial charge in [-0.25, -0.2) is 0 Å². The van der Waals surface area contributed by atoms with Crippen molar-refractivity contribution in [2.45, 2.75) is 0 Å². The summed E-state index contributed by atoms with van der Waals surface area (Å²) in [4.78, 5) is 2.31. The van der Waals surface area contributed by atoms with E-state index >= 15 is 0 Å². The van der Waals surface area contributed by atoms with Crippen LogP contribution in [0, 0.1) is 0 Å². The van der Waals surface area contributed by atoms with Crippen molar-refractivity contribution in [3.8, 4) is 0 Å². The highest BCUT2D eigenvalue weighted by Crippen LogP contribution is 2.44. The topological polar surface area (TPSA) is 16.4 Å². The van der Waals surface area contributed by atoms with E-state index in [4.69, 9.17) is 4.42 Å². The van der Waals surface area contributed by atoms with Crippen LogP contribution in [0.5, 0.6) is 0 Å². The molecule has 0 N–H and O–H groups in total. The van der Waals surface area contributed by atoms with Crippen LogP contribution < -0.4 is 4.90 Å². The lowest BCUT2D eigenvalue weighted by atomic mass is 9.92. The summed E-state index contributed by atoms with van der Waals surface area (Å²) in [5, 5.41) is 9.68. The van der Waals surface area contributed by atoms with Crippen LogP contribution in [-0.4, -0.2) is 0 Å². The molecule has 0 aliphatic carbocycles. The molecule has 2 nitrogen and oxygen atoms in total. The lowest BCUT2D eigenvalue weighted by Crippen LogP contribution is -2.09. The van der Waals surface area contributed by atoms with E-state index in [9.17, 15) is 0 Å². The van der Waals surface area contributed by atoms with Gasteiger partial charge in [0.15, 0.2) is 0 Å². The van der Waals surface area contributed by atoms with E-state index in [1.165, 1.54) is 32.3 Å². The molecule has 38 heavy (non-hydrogen) atoms. The quantitative estimate of drug-likeness (QED) is 0.231. The Morgan fingerprint density at radius 2 is 1.00 bits per heavy atom. The van der Waals surface area contributed by atoms with Crippen molar-refractivity contribution < 1.29 is 4.42 Å². The number of benzene rings is 7. The highest BCUT2D eigenvalue weighted by molar-refractivity contribution is 6.34. The number of para-hydroxylation sites is 3. The fourth-order valence-corrected chi connectivity index (χ4v) is 5.96. The number of rotatable bonds is 3. The smallest absolute Gasteiger partial charge is 0.143 e. The van der Waals surface area contributed by atoms with Crippen LogP contribution in [0.15, 0.2) is 144 Å². The van der Waals surface area contributed by atoms with E-state index < -0.39 is 0 Å². The van der Waals surface area contributed by atoms with E-state index in [1.54, 1.807) is 0 Å². The molecule has 8 rings (SSSR count). The molecule has 8 aromatic rings. The molecule has 0 spiro atoms. The molecule has 0 fully saturated rings. The number of hydrogen-bond acceptors (Lipinski definition) is 2. The molecule has 0 aliphatic heterocycles. The fourth-order valence-electron chi connectivity index (χ4n) is 5.96. The number of hydrogen-bond donors (Lipinski definition) is 0. The maximum absolute atomic E-state index is 6.43. The fraction of sp³-hybridized carbons (Fsp3) is 0. The van der Waals surface area contributed by atoms with Crippen LogP contribution in [0.2, 0.25) is 0 Å². The average Bonchev–Trinajstić information content (AvgIpc) is 3.38. The van der Waals surface area contributed by atoms with Crippen LogP contribution in [0.4, 0.5) is 17.1 Å². The number of fused-ring (bicyclic) bond motifs is 10. The normalized spacial score (nSPS) is 11.7. The first kappa shape index (κ1) is 21.0. The van der Waals surface area contributed by atoms with Crippen LogP contribution in [-0.2, 0) is 0 Å². The highest BCUT2D eigenvalue weighted by Gasteiger charge is 2.18. The van der Waals surface area contributed by atoms with Gasteiger partial charge in [0.1, 0.15) is 11.2 Å².